The van der Waals surface area contributed by atoms with Crippen molar-refractivity contribution in [1.29, 1.82) is 0 Å². The number of benzene rings is 1. The van der Waals surface area contributed by atoms with E-state index in [4.69, 9.17) is 9.47 Å². The molecule has 1 unspecified atom stereocenters. The lowest BCUT2D eigenvalue weighted by atomic mass is 10.1. The van der Waals surface area contributed by atoms with Crippen LogP contribution in [0.4, 0.5) is 5.69 Å². The molecule has 0 aromatic heterocycles. The molecule has 1 saturated heterocycles. The zero-order chi connectivity index (χ0) is 13.8. The second kappa shape index (κ2) is 5.93. The number of carbonyl (C=O) groups is 1. The van der Waals surface area contributed by atoms with Crippen LogP contribution in [0.1, 0.15) is 18.4 Å². The van der Waals surface area contributed by atoms with E-state index in [1.165, 1.54) is 0 Å². The standard InChI is InChI=1S/C14H20N2O3/c1-9-7-12(18-2)13(19-3)8-11(9)16-14(17)10-5-4-6-15-10/h7-8,10,15H,4-6H2,1-3H3,(H,16,17). The third-order valence-electron chi connectivity index (χ3n) is 3.37. The fourth-order valence-electron chi connectivity index (χ4n) is 2.24. The second-order valence-corrected chi connectivity index (χ2v) is 4.66. The highest BCUT2D eigenvalue weighted by Gasteiger charge is 2.22. The first-order chi connectivity index (χ1) is 9.15. The van der Waals surface area contributed by atoms with Crippen LogP contribution in [0, 0.1) is 6.92 Å². The van der Waals surface area contributed by atoms with E-state index >= 15 is 0 Å². The predicted molar refractivity (Wildman–Crippen MR) is 73.9 cm³/mol. The molecule has 0 saturated carbocycles. The van der Waals surface area contributed by atoms with Gasteiger partial charge in [-0.15, -0.1) is 0 Å². The Kier molecular flexibility index (Phi) is 4.27. The molecule has 2 rings (SSSR count). The van der Waals surface area contributed by atoms with Gasteiger partial charge in [0.25, 0.3) is 0 Å². The van der Waals surface area contributed by atoms with Gasteiger partial charge >= 0.3 is 0 Å². The summed E-state index contributed by atoms with van der Waals surface area (Å²) in [5.41, 5.74) is 1.71. The Labute approximate surface area is 113 Å². The van der Waals surface area contributed by atoms with Crippen molar-refractivity contribution < 1.29 is 14.3 Å². The van der Waals surface area contributed by atoms with Crippen molar-refractivity contribution in [2.45, 2.75) is 25.8 Å². The summed E-state index contributed by atoms with van der Waals surface area (Å²) in [6.45, 7) is 2.84. The van der Waals surface area contributed by atoms with Gasteiger partial charge in [-0.1, -0.05) is 0 Å². The number of nitrogens with one attached hydrogen (secondary N) is 2. The molecule has 0 radical (unpaired) electrons. The lowest BCUT2D eigenvalue weighted by Gasteiger charge is -2.15. The molecule has 1 aliphatic heterocycles. The van der Waals surface area contributed by atoms with E-state index in [-0.39, 0.29) is 11.9 Å². The highest BCUT2D eigenvalue weighted by molar-refractivity contribution is 5.96. The molecule has 1 aromatic carbocycles. The Hall–Kier alpha value is -1.75. The number of carbonyl (C=O) groups excluding carboxylic acids is 1. The molecule has 1 amide bonds. The summed E-state index contributed by atoms with van der Waals surface area (Å²) in [6, 6.07) is 3.56. The van der Waals surface area contributed by atoms with Crippen LogP contribution < -0.4 is 20.1 Å². The Morgan fingerprint density at radius 2 is 2.00 bits per heavy atom. The Morgan fingerprint density at radius 1 is 1.32 bits per heavy atom. The lowest BCUT2D eigenvalue weighted by molar-refractivity contribution is -0.117. The highest BCUT2D eigenvalue weighted by atomic mass is 16.5. The van der Waals surface area contributed by atoms with E-state index in [0.717, 1.165) is 30.6 Å². The predicted octanol–water partition coefficient (Wildman–Crippen LogP) is 1.70. The van der Waals surface area contributed by atoms with Crippen LogP contribution in [-0.2, 0) is 4.79 Å². The molecule has 1 heterocycles. The topological polar surface area (TPSA) is 59.6 Å². The van der Waals surface area contributed by atoms with Crippen molar-refractivity contribution in [3.8, 4) is 11.5 Å². The van der Waals surface area contributed by atoms with Crippen molar-refractivity contribution >= 4 is 11.6 Å². The van der Waals surface area contributed by atoms with E-state index in [0.29, 0.717) is 11.5 Å². The van der Waals surface area contributed by atoms with Gasteiger partial charge in [0.2, 0.25) is 5.91 Å². The molecule has 0 aliphatic carbocycles. The van der Waals surface area contributed by atoms with E-state index in [1.54, 1.807) is 20.3 Å². The first-order valence-electron chi connectivity index (χ1n) is 6.42. The van der Waals surface area contributed by atoms with Crippen LogP contribution in [0.3, 0.4) is 0 Å². The van der Waals surface area contributed by atoms with E-state index in [2.05, 4.69) is 10.6 Å². The lowest BCUT2D eigenvalue weighted by Crippen LogP contribution is -2.35. The molecule has 1 aromatic rings. The first-order valence-corrected chi connectivity index (χ1v) is 6.42. The number of rotatable bonds is 4. The minimum absolute atomic E-state index is 0.00724. The summed E-state index contributed by atoms with van der Waals surface area (Å²) < 4.78 is 10.5. The molecular weight excluding hydrogens is 244 g/mol. The molecule has 5 nitrogen and oxygen atoms in total. The Bertz CT molecular complexity index is 468. The van der Waals surface area contributed by atoms with Crippen molar-refractivity contribution in [2.24, 2.45) is 0 Å². The van der Waals surface area contributed by atoms with Gasteiger partial charge < -0.3 is 20.1 Å². The monoisotopic (exact) mass is 264 g/mol. The number of hydrogen-bond donors (Lipinski definition) is 2. The molecule has 1 atom stereocenters. The number of methoxy groups -OCH3 is 2. The summed E-state index contributed by atoms with van der Waals surface area (Å²) in [5, 5.41) is 6.12. The SMILES string of the molecule is COc1cc(C)c(NC(=O)C2CCCN2)cc1OC. The van der Waals surface area contributed by atoms with E-state index in [9.17, 15) is 4.79 Å². The van der Waals surface area contributed by atoms with Gasteiger partial charge in [0.1, 0.15) is 0 Å². The minimum atomic E-state index is -0.0903. The molecule has 5 heteroatoms. The summed E-state index contributed by atoms with van der Waals surface area (Å²) in [5.74, 6) is 1.28. The number of aryl methyl sites for hydroxylation is 1. The number of anilines is 1. The highest BCUT2D eigenvalue weighted by Crippen LogP contribution is 2.33. The number of ether oxygens (including phenoxy) is 2. The number of amides is 1. The molecule has 19 heavy (non-hydrogen) atoms. The number of hydrogen-bond acceptors (Lipinski definition) is 4. The first kappa shape index (κ1) is 13.7. The van der Waals surface area contributed by atoms with Crippen molar-refractivity contribution in [3.05, 3.63) is 17.7 Å². The minimum Gasteiger partial charge on any atom is -0.493 e. The van der Waals surface area contributed by atoms with Crippen molar-refractivity contribution in [3.63, 3.8) is 0 Å². The second-order valence-electron chi connectivity index (χ2n) is 4.66. The van der Waals surface area contributed by atoms with E-state index in [1.807, 2.05) is 13.0 Å². The van der Waals surface area contributed by atoms with Crippen LogP contribution >= 0.6 is 0 Å². The third kappa shape index (κ3) is 2.98. The third-order valence-corrected chi connectivity index (χ3v) is 3.37. The van der Waals surface area contributed by atoms with Crippen LogP contribution in [0.25, 0.3) is 0 Å². The maximum Gasteiger partial charge on any atom is 0.241 e. The maximum atomic E-state index is 12.1. The normalized spacial score (nSPS) is 18.2. The molecule has 1 aliphatic rings. The van der Waals surface area contributed by atoms with Gasteiger partial charge in [-0.3, -0.25) is 4.79 Å². The zero-order valence-electron chi connectivity index (χ0n) is 11.6. The van der Waals surface area contributed by atoms with Gasteiger partial charge in [0.15, 0.2) is 11.5 Å². The fourth-order valence-corrected chi connectivity index (χ4v) is 2.24. The van der Waals surface area contributed by atoms with Gasteiger partial charge in [0, 0.05) is 11.8 Å². The quantitative estimate of drug-likeness (QED) is 0.869. The zero-order valence-corrected chi connectivity index (χ0v) is 11.6. The molecule has 0 spiro atoms. The van der Waals surface area contributed by atoms with Crippen LogP contribution in [0.2, 0.25) is 0 Å². The smallest absolute Gasteiger partial charge is 0.241 e. The summed E-state index contributed by atoms with van der Waals surface area (Å²) in [7, 11) is 3.18. The van der Waals surface area contributed by atoms with Crippen molar-refractivity contribution in [2.75, 3.05) is 26.1 Å². The van der Waals surface area contributed by atoms with E-state index < -0.39 is 0 Å². The summed E-state index contributed by atoms with van der Waals surface area (Å²) in [4.78, 5) is 12.1. The maximum absolute atomic E-state index is 12.1. The molecule has 104 valence electrons. The Morgan fingerprint density at radius 3 is 2.58 bits per heavy atom. The average Bonchev–Trinajstić information content (AvgIpc) is 2.94. The summed E-state index contributed by atoms with van der Waals surface area (Å²) in [6.07, 6.45) is 1.93. The van der Waals surface area contributed by atoms with Gasteiger partial charge in [-0.25, -0.2) is 0 Å². The van der Waals surface area contributed by atoms with Crippen LogP contribution in [0.15, 0.2) is 12.1 Å². The van der Waals surface area contributed by atoms with Crippen LogP contribution in [-0.4, -0.2) is 32.7 Å². The van der Waals surface area contributed by atoms with Gasteiger partial charge in [0.05, 0.1) is 20.3 Å². The van der Waals surface area contributed by atoms with Gasteiger partial charge in [-0.05, 0) is 37.9 Å². The summed E-state index contributed by atoms with van der Waals surface area (Å²) >= 11 is 0. The molecule has 2 N–H and O–H groups in total. The van der Waals surface area contributed by atoms with Crippen LogP contribution in [0.5, 0.6) is 11.5 Å². The molecule has 1 fully saturated rings. The largest absolute Gasteiger partial charge is 0.493 e. The van der Waals surface area contributed by atoms with Crippen molar-refractivity contribution in [1.82, 2.24) is 5.32 Å². The van der Waals surface area contributed by atoms with Gasteiger partial charge in [-0.2, -0.15) is 0 Å². The molecular formula is C14H20N2O3. The Balaban J connectivity index is 2.17. The molecule has 0 bridgehead atoms. The fraction of sp³-hybridized carbons (Fsp3) is 0.500. The average molecular weight is 264 g/mol.